The average molecular weight is 447 g/mol. The summed E-state index contributed by atoms with van der Waals surface area (Å²) in [4.78, 5) is 19.4. The van der Waals surface area contributed by atoms with Crippen molar-refractivity contribution in [3.63, 3.8) is 0 Å². The van der Waals surface area contributed by atoms with E-state index >= 15 is 0 Å². The normalized spacial score (nSPS) is 11.5. The van der Waals surface area contributed by atoms with Crippen molar-refractivity contribution in [2.45, 2.75) is 67.7 Å². The van der Waals surface area contributed by atoms with E-state index in [0.29, 0.717) is 5.56 Å². The molecule has 0 saturated heterocycles. The van der Waals surface area contributed by atoms with Crippen LogP contribution in [-0.4, -0.2) is 17.2 Å². The number of carbonyl (C=O) groups is 1. The second kappa shape index (κ2) is 15.5. The maximum atomic E-state index is 11.1. The number of ketones is 1. The molecule has 2 aromatic carbocycles. The molecule has 1 heterocycles. The van der Waals surface area contributed by atoms with E-state index in [2.05, 4.69) is 23.8 Å². The molecule has 1 aliphatic rings. The minimum atomic E-state index is 0.0614. The van der Waals surface area contributed by atoms with E-state index in [4.69, 9.17) is 4.74 Å². The molecule has 0 fully saturated rings. The number of rotatable bonds is 6. The quantitative estimate of drug-likeness (QED) is 0.329. The van der Waals surface area contributed by atoms with Crippen molar-refractivity contribution < 1.29 is 9.53 Å². The Balaban J connectivity index is 0.000000273. The van der Waals surface area contributed by atoms with Crippen molar-refractivity contribution in [1.82, 2.24) is 0 Å². The van der Waals surface area contributed by atoms with Crippen LogP contribution in [0.15, 0.2) is 88.1 Å². The molecular weight excluding hydrogens is 408 g/mol. The smallest absolute Gasteiger partial charge is 0.159 e. The zero-order valence-corrected chi connectivity index (χ0v) is 21.2. The lowest BCUT2D eigenvalue weighted by molar-refractivity contribution is 0.101. The summed E-state index contributed by atoms with van der Waals surface area (Å²) in [5.74, 6) is 1.58. The molecule has 4 heteroatoms. The molecule has 0 bridgehead atoms. The molecule has 0 amide bonds. The Labute approximate surface area is 199 Å². The number of para-hydroxylation sites is 1. The molecule has 0 radical (unpaired) electrons. The predicted molar refractivity (Wildman–Crippen MR) is 142 cm³/mol. The number of aliphatic imine (C=N–C) groups is 2. The minimum absolute atomic E-state index is 0.0614. The van der Waals surface area contributed by atoms with Crippen molar-refractivity contribution in [2.75, 3.05) is 0 Å². The molecule has 33 heavy (non-hydrogen) atoms. The van der Waals surface area contributed by atoms with Crippen LogP contribution < -0.4 is 4.74 Å². The first-order valence-corrected chi connectivity index (χ1v) is 11.5. The number of Topliss-reactive ketones (excluding diaryl/α,β-unsaturated/α-hetero) is 1. The summed E-state index contributed by atoms with van der Waals surface area (Å²) in [6.45, 7) is 13.9. The van der Waals surface area contributed by atoms with Gasteiger partial charge in [0.05, 0.1) is 0 Å². The molecule has 0 atom stereocenters. The molecule has 176 valence electrons. The van der Waals surface area contributed by atoms with E-state index in [1.807, 2.05) is 70.4 Å². The summed E-state index contributed by atoms with van der Waals surface area (Å²) in [6, 6.07) is 16.7. The monoisotopic (exact) mass is 446 g/mol. The van der Waals surface area contributed by atoms with Crippen LogP contribution in [0.5, 0.6) is 11.5 Å². The second-order valence-corrected chi connectivity index (χ2v) is 8.14. The molecule has 3 rings (SSSR count). The maximum Gasteiger partial charge on any atom is 0.159 e. The number of benzene rings is 2. The Bertz CT molecular complexity index is 940. The van der Waals surface area contributed by atoms with Gasteiger partial charge < -0.3 is 4.74 Å². The van der Waals surface area contributed by atoms with Crippen LogP contribution in [0.4, 0.5) is 0 Å². The van der Waals surface area contributed by atoms with Crippen molar-refractivity contribution in [3.05, 3.63) is 83.7 Å². The highest BCUT2D eigenvalue weighted by Crippen LogP contribution is 2.21. The summed E-state index contributed by atoms with van der Waals surface area (Å²) in [7, 11) is 0. The van der Waals surface area contributed by atoms with Crippen LogP contribution >= 0.6 is 0 Å². The predicted octanol–water partition coefficient (Wildman–Crippen LogP) is 8.61. The lowest BCUT2D eigenvalue weighted by Gasteiger charge is -2.05. The third-order valence-electron chi connectivity index (χ3n) is 4.54. The molecule has 2 aromatic rings. The molecule has 0 aliphatic carbocycles. The number of allylic oxidation sites excluding steroid dienone is 2. The highest BCUT2D eigenvalue weighted by atomic mass is 16.5. The fraction of sp³-hybridized carbons (Fsp3) is 0.345. The Kier molecular flexibility index (Phi) is 13.1. The Morgan fingerprint density at radius 3 is 1.91 bits per heavy atom. The average Bonchev–Trinajstić information content (AvgIpc) is 3.28. The summed E-state index contributed by atoms with van der Waals surface area (Å²) in [6.07, 6.45) is 7.29. The van der Waals surface area contributed by atoms with Gasteiger partial charge in [0, 0.05) is 35.8 Å². The zero-order chi connectivity index (χ0) is 24.6. The van der Waals surface area contributed by atoms with Gasteiger partial charge in [0.25, 0.3) is 0 Å². The van der Waals surface area contributed by atoms with Crippen LogP contribution in [0.3, 0.4) is 0 Å². The van der Waals surface area contributed by atoms with Gasteiger partial charge in [-0.2, -0.15) is 0 Å². The van der Waals surface area contributed by atoms with Crippen molar-refractivity contribution in [1.29, 1.82) is 0 Å². The van der Waals surface area contributed by atoms with Gasteiger partial charge >= 0.3 is 0 Å². The van der Waals surface area contributed by atoms with Crippen LogP contribution in [0.2, 0.25) is 0 Å². The maximum absolute atomic E-state index is 11.1. The largest absolute Gasteiger partial charge is 0.457 e. The van der Waals surface area contributed by atoms with Gasteiger partial charge in [-0.15, -0.1) is 0 Å². The van der Waals surface area contributed by atoms with E-state index in [9.17, 15) is 4.79 Å². The lowest BCUT2D eigenvalue weighted by Crippen LogP contribution is -1.91. The zero-order valence-electron chi connectivity index (χ0n) is 21.2. The van der Waals surface area contributed by atoms with Crippen molar-refractivity contribution in [2.24, 2.45) is 9.98 Å². The van der Waals surface area contributed by atoms with Crippen molar-refractivity contribution >= 4 is 17.2 Å². The van der Waals surface area contributed by atoms with E-state index in [1.54, 1.807) is 31.2 Å². The van der Waals surface area contributed by atoms with Gasteiger partial charge in [-0.05, 0) is 89.4 Å². The lowest BCUT2D eigenvalue weighted by atomic mass is 10.1. The van der Waals surface area contributed by atoms with E-state index in [1.165, 1.54) is 16.9 Å². The van der Waals surface area contributed by atoms with Crippen LogP contribution in [0.1, 0.15) is 78.1 Å². The number of carbonyl (C=O) groups excluding carboxylic acids is 1. The first-order valence-electron chi connectivity index (χ1n) is 11.5. The number of nitrogens with zero attached hydrogens (tertiary/aromatic N) is 2. The topological polar surface area (TPSA) is 51.0 Å². The van der Waals surface area contributed by atoms with Gasteiger partial charge in [-0.3, -0.25) is 14.8 Å². The molecule has 1 aliphatic heterocycles. The number of hydrogen-bond donors (Lipinski definition) is 0. The Hall–Kier alpha value is -3.27. The summed E-state index contributed by atoms with van der Waals surface area (Å²) < 4.78 is 5.60. The third kappa shape index (κ3) is 12.4. The van der Waals surface area contributed by atoms with E-state index in [0.717, 1.165) is 36.5 Å². The fourth-order valence-corrected chi connectivity index (χ4v) is 2.61. The highest BCUT2D eigenvalue weighted by molar-refractivity contribution is 5.94. The van der Waals surface area contributed by atoms with E-state index in [-0.39, 0.29) is 5.78 Å². The SMILES string of the molecule is CC(=O)c1ccc(Oc2ccccc2)cc1.CC(C)=CN=C(C)C.CCC1=CN=C(CC)C1. The molecular formula is C29H38N2O2. The second-order valence-electron chi connectivity index (χ2n) is 8.14. The summed E-state index contributed by atoms with van der Waals surface area (Å²) in [5.41, 5.74) is 5.86. The van der Waals surface area contributed by atoms with Crippen molar-refractivity contribution in [3.8, 4) is 11.5 Å². The molecule has 0 spiro atoms. The molecule has 4 nitrogen and oxygen atoms in total. The standard InChI is InChI=1S/C14H12O2.C8H13N.C7H13N/c1-11(15)12-7-9-14(10-8-12)16-13-5-3-2-4-6-13;1-3-7-5-8(4-2)9-6-7;1-6(2)5-8-7(3)4/h2-10H,1H3;6H,3-5H2,1-2H3;5H,1-4H3. The van der Waals surface area contributed by atoms with Gasteiger partial charge in [-0.25, -0.2) is 0 Å². The first kappa shape index (κ1) is 27.8. The molecule has 0 N–H and O–H groups in total. The molecule has 0 unspecified atom stereocenters. The highest BCUT2D eigenvalue weighted by Gasteiger charge is 2.05. The summed E-state index contributed by atoms with van der Waals surface area (Å²) in [5, 5.41) is 0. The summed E-state index contributed by atoms with van der Waals surface area (Å²) >= 11 is 0. The van der Waals surface area contributed by atoms with Crippen LogP contribution in [0.25, 0.3) is 0 Å². The fourth-order valence-electron chi connectivity index (χ4n) is 2.61. The van der Waals surface area contributed by atoms with E-state index < -0.39 is 0 Å². The Morgan fingerprint density at radius 1 is 0.909 bits per heavy atom. The Morgan fingerprint density at radius 2 is 1.52 bits per heavy atom. The van der Waals surface area contributed by atoms with Gasteiger partial charge in [0.2, 0.25) is 0 Å². The first-order chi connectivity index (χ1) is 15.7. The van der Waals surface area contributed by atoms with Gasteiger partial charge in [-0.1, -0.05) is 37.6 Å². The molecule has 0 aromatic heterocycles. The minimum Gasteiger partial charge on any atom is -0.457 e. The van der Waals surface area contributed by atoms with Gasteiger partial charge in [0.1, 0.15) is 11.5 Å². The third-order valence-corrected chi connectivity index (χ3v) is 4.54. The number of hydrogen-bond acceptors (Lipinski definition) is 4. The van der Waals surface area contributed by atoms with Crippen LogP contribution in [0, 0.1) is 0 Å². The molecule has 0 saturated carbocycles. The van der Waals surface area contributed by atoms with Gasteiger partial charge in [0.15, 0.2) is 5.78 Å². The number of ether oxygens (including phenoxy) is 1. The van der Waals surface area contributed by atoms with Crippen LogP contribution in [-0.2, 0) is 0 Å².